The average Bonchev–Trinajstić information content (AvgIpc) is 3.67. The summed E-state index contributed by atoms with van der Waals surface area (Å²) in [5.41, 5.74) is 1.31. The smallest absolute Gasteiger partial charge is 0.410 e. The Hall–Kier alpha value is -5.04. The fourth-order valence-corrected chi connectivity index (χ4v) is 8.22. The molecule has 0 aliphatic carbocycles. The molecule has 0 spiro atoms. The Bertz CT molecular complexity index is 2110. The standard InChI is InChI=1S/C47H67ClN6O11S/c1-46(2,3)64-44(59)50-25-12-11-15-37(40(55)42(57)49-26-22-32-13-9-8-10-14-32)51-41(56)39-29-36(63-31-34-16-19-35(48)20-17-34)30-54(39)43(58)38(52-66(7,61)62)21-18-33-23-27-53(28-24-33)45(60)65-47(4,5)6/h8-10,13-14,16-20,36-39,52H,11-12,15,21-31H2,1-7H3,(H,49,57)(H,50,59)(H,51,56)/t36-,37+,38-,39+/m1/s1. The number of Topliss-reactive ketones (excluding diaryl/α,β-unsaturated/α-hetero) is 1. The minimum absolute atomic E-state index is 0.00232. The first-order chi connectivity index (χ1) is 31.0. The van der Waals surface area contributed by atoms with Gasteiger partial charge in [-0.1, -0.05) is 65.7 Å². The van der Waals surface area contributed by atoms with Gasteiger partial charge in [0, 0.05) is 44.2 Å². The molecule has 0 bridgehead atoms. The first-order valence-electron chi connectivity index (χ1n) is 22.4. The van der Waals surface area contributed by atoms with Crippen LogP contribution in [0, 0.1) is 0 Å². The van der Waals surface area contributed by atoms with Crippen LogP contribution in [-0.2, 0) is 56.4 Å². The van der Waals surface area contributed by atoms with Gasteiger partial charge in [0.05, 0.1) is 25.0 Å². The summed E-state index contributed by atoms with van der Waals surface area (Å²) >= 11 is 6.08. The molecule has 5 amide bonds. The summed E-state index contributed by atoms with van der Waals surface area (Å²) < 4.78 is 44.9. The SMILES string of the molecule is CC(C)(C)OC(=O)NCCCC[C@H](NC(=O)[C@@H]1C[C@@H](OCc2ccc(Cl)cc2)CN1C(=O)[C@@H](CC=C1CCN(C(=O)OC(C)(C)C)CC1)NS(C)(=O)=O)C(=O)C(=O)NCCc1ccccc1. The molecule has 2 aliphatic rings. The van der Waals surface area contributed by atoms with Crippen LogP contribution in [0.25, 0.3) is 0 Å². The molecule has 0 radical (unpaired) electrons. The van der Waals surface area contributed by atoms with Crippen molar-refractivity contribution in [2.24, 2.45) is 0 Å². The summed E-state index contributed by atoms with van der Waals surface area (Å²) in [4.78, 5) is 83.8. The number of ether oxygens (including phenoxy) is 3. The highest BCUT2D eigenvalue weighted by atomic mass is 35.5. The first-order valence-corrected chi connectivity index (χ1v) is 24.7. The van der Waals surface area contributed by atoms with Crippen LogP contribution in [0.3, 0.4) is 0 Å². The lowest BCUT2D eigenvalue weighted by Crippen LogP contribution is -2.56. The molecule has 2 aromatic rings. The molecule has 4 N–H and O–H groups in total. The van der Waals surface area contributed by atoms with E-state index in [1.54, 1.807) is 76.8 Å². The van der Waals surface area contributed by atoms with Crippen molar-refractivity contribution >= 4 is 57.3 Å². The van der Waals surface area contributed by atoms with E-state index in [9.17, 15) is 37.2 Å². The van der Waals surface area contributed by atoms with Gasteiger partial charge in [-0.25, -0.2) is 22.7 Å². The molecule has 0 saturated carbocycles. The number of halogens is 1. The molecular formula is C47H67ClN6O11S. The lowest BCUT2D eigenvalue weighted by molar-refractivity contribution is -0.142. The second-order valence-corrected chi connectivity index (χ2v) is 20.9. The number of nitrogens with zero attached hydrogens (tertiary/aromatic N) is 2. The second kappa shape index (κ2) is 24.6. The lowest BCUT2D eigenvalue weighted by Gasteiger charge is -2.31. The van der Waals surface area contributed by atoms with Crippen LogP contribution >= 0.6 is 11.6 Å². The van der Waals surface area contributed by atoms with Gasteiger partial charge in [0.2, 0.25) is 27.6 Å². The van der Waals surface area contributed by atoms with Crippen LogP contribution in [-0.4, -0.2) is 128 Å². The number of carbonyl (C=O) groups is 6. The number of hydrogen-bond acceptors (Lipinski definition) is 11. The summed E-state index contributed by atoms with van der Waals surface area (Å²) in [5.74, 6) is -3.19. The molecule has 2 fully saturated rings. The van der Waals surface area contributed by atoms with E-state index < -0.39 is 81.1 Å². The molecule has 2 saturated heterocycles. The minimum atomic E-state index is -3.95. The van der Waals surface area contributed by atoms with Gasteiger partial charge in [-0.05, 0) is 110 Å². The van der Waals surface area contributed by atoms with E-state index in [0.717, 1.165) is 23.0 Å². The maximum absolute atomic E-state index is 14.6. The molecule has 19 heteroatoms. The molecule has 66 heavy (non-hydrogen) atoms. The number of nitrogens with one attached hydrogen (secondary N) is 4. The van der Waals surface area contributed by atoms with Crippen molar-refractivity contribution in [3.63, 3.8) is 0 Å². The number of piperidine rings is 1. The Labute approximate surface area is 394 Å². The number of amides is 5. The Morgan fingerprint density at radius 1 is 0.833 bits per heavy atom. The zero-order valence-electron chi connectivity index (χ0n) is 39.2. The highest BCUT2D eigenvalue weighted by Crippen LogP contribution is 2.26. The van der Waals surface area contributed by atoms with Crippen LogP contribution in [0.5, 0.6) is 0 Å². The molecule has 2 aromatic carbocycles. The van der Waals surface area contributed by atoms with Crippen molar-refractivity contribution in [2.45, 2.75) is 135 Å². The summed E-state index contributed by atoms with van der Waals surface area (Å²) in [6, 6.07) is 12.6. The number of ketones is 1. The van der Waals surface area contributed by atoms with Crippen molar-refractivity contribution in [2.75, 3.05) is 39.0 Å². The number of alkyl carbamates (subject to hydrolysis) is 1. The summed E-state index contributed by atoms with van der Waals surface area (Å²) in [6.45, 7) is 11.8. The van der Waals surface area contributed by atoms with E-state index in [4.69, 9.17) is 25.8 Å². The topological polar surface area (TPSA) is 219 Å². The average molecular weight is 960 g/mol. The van der Waals surface area contributed by atoms with Crippen LogP contribution in [0.4, 0.5) is 9.59 Å². The van der Waals surface area contributed by atoms with E-state index in [1.165, 1.54) is 4.90 Å². The minimum Gasteiger partial charge on any atom is -0.444 e. The largest absolute Gasteiger partial charge is 0.444 e. The Kier molecular flexibility index (Phi) is 20.0. The van der Waals surface area contributed by atoms with Crippen LogP contribution in [0.15, 0.2) is 66.2 Å². The zero-order valence-corrected chi connectivity index (χ0v) is 40.7. The predicted octanol–water partition coefficient (Wildman–Crippen LogP) is 5.20. The number of rotatable bonds is 20. The number of hydrogen-bond donors (Lipinski definition) is 4. The Morgan fingerprint density at radius 3 is 2.11 bits per heavy atom. The first kappa shape index (κ1) is 53.6. The monoisotopic (exact) mass is 958 g/mol. The highest BCUT2D eigenvalue weighted by Gasteiger charge is 2.44. The van der Waals surface area contributed by atoms with Crippen LogP contribution in [0.1, 0.15) is 97.6 Å². The quantitative estimate of drug-likeness (QED) is 0.0768. The van der Waals surface area contributed by atoms with Crippen LogP contribution < -0.4 is 20.7 Å². The maximum atomic E-state index is 14.6. The van der Waals surface area contributed by atoms with E-state index in [-0.39, 0.29) is 45.5 Å². The van der Waals surface area contributed by atoms with Crippen LogP contribution in [0.2, 0.25) is 5.02 Å². The van der Waals surface area contributed by atoms with Crippen molar-refractivity contribution in [3.8, 4) is 0 Å². The summed E-state index contributed by atoms with van der Waals surface area (Å²) in [7, 11) is -3.95. The van der Waals surface area contributed by atoms with E-state index in [1.807, 2.05) is 30.3 Å². The third-order valence-electron chi connectivity index (χ3n) is 10.6. The van der Waals surface area contributed by atoms with Gasteiger partial charge in [-0.15, -0.1) is 0 Å². The normalized spacial score (nSPS) is 17.6. The molecule has 0 aromatic heterocycles. The van der Waals surface area contributed by atoms with Gasteiger partial charge in [0.1, 0.15) is 23.3 Å². The molecule has 2 aliphatic heterocycles. The molecule has 0 unspecified atom stereocenters. The van der Waals surface area contributed by atoms with Crippen molar-refractivity contribution < 1.29 is 51.4 Å². The number of carbonyl (C=O) groups excluding carboxylic acids is 6. The van der Waals surface area contributed by atoms with Gasteiger partial charge in [-0.3, -0.25) is 19.2 Å². The Balaban J connectivity index is 1.54. The van der Waals surface area contributed by atoms with E-state index >= 15 is 0 Å². The third kappa shape index (κ3) is 19.1. The molecule has 4 atom stereocenters. The highest BCUT2D eigenvalue weighted by molar-refractivity contribution is 7.88. The third-order valence-corrected chi connectivity index (χ3v) is 11.6. The molecular weight excluding hydrogens is 892 g/mol. The fraction of sp³-hybridized carbons (Fsp3) is 0.574. The zero-order chi connectivity index (χ0) is 48.7. The maximum Gasteiger partial charge on any atom is 0.410 e. The van der Waals surface area contributed by atoms with E-state index in [2.05, 4.69) is 20.7 Å². The van der Waals surface area contributed by atoms with Gasteiger partial charge in [0.15, 0.2) is 0 Å². The van der Waals surface area contributed by atoms with Crippen molar-refractivity contribution in [3.05, 3.63) is 82.4 Å². The van der Waals surface area contributed by atoms with Gasteiger partial charge in [0.25, 0.3) is 5.91 Å². The molecule has 2 heterocycles. The van der Waals surface area contributed by atoms with Gasteiger partial charge in [-0.2, -0.15) is 0 Å². The predicted molar refractivity (Wildman–Crippen MR) is 250 cm³/mol. The number of unbranched alkanes of at least 4 members (excludes halogenated alkanes) is 1. The second-order valence-electron chi connectivity index (χ2n) is 18.7. The summed E-state index contributed by atoms with van der Waals surface area (Å²) in [5, 5.41) is 8.60. The fourth-order valence-electron chi connectivity index (χ4n) is 7.38. The summed E-state index contributed by atoms with van der Waals surface area (Å²) in [6.07, 6.45) is 3.14. The van der Waals surface area contributed by atoms with E-state index in [0.29, 0.717) is 50.2 Å². The number of likely N-dealkylation sites (tertiary alicyclic amines) is 2. The molecule has 17 nitrogen and oxygen atoms in total. The van der Waals surface area contributed by atoms with Gasteiger partial charge >= 0.3 is 12.2 Å². The number of benzene rings is 2. The molecule has 4 rings (SSSR count). The lowest BCUT2D eigenvalue weighted by atomic mass is 10.0. The van der Waals surface area contributed by atoms with Crippen molar-refractivity contribution in [1.82, 2.24) is 30.5 Å². The van der Waals surface area contributed by atoms with Crippen molar-refractivity contribution in [1.29, 1.82) is 0 Å². The van der Waals surface area contributed by atoms with Gasteiger partial charge < -0.3 is 40.0 Å². The number of sulfonamides is 1. The Morgan fingerprint density at radius 2 is 1.48 bits per heavy atom. The molecule has 364 valence electrons.